The van der Waals surface area contributed by atoms with Crippen LogP contribution in [0.1, 0.15) is 18.4 Å². The molecule has 0 bridgehead atoms. The van der Waals surface area contributed by atoms with E-state index in [1.165, 1.54) is 0 Å². The van der Waals surface area contributed by atoms with Gasteiger partial charge in [0.1, 0.15) is 0 Å². The summed E-state index contributed by atoms with van der Waals surface area (Å²) in [6, 6.07) is 5.26. The third-order valence-corrected chi connectivity index (χ3v) is 2.93. The van der Waals surface area contributed by atoms with Gasteiger partial charge in [0.25, 0.3) is 0 Å². The molecule has 0 spiro atoms. The topological polar surface area (TPSA) is 72.3 Å². The molecule has 1 amide bonds. The van der Waals surface area contributed by atoms with Gasteiger partial charge in [-0.15, -0.1) is 0 Å². The molecule has 4 heteroatoms. The summed E-state index contributed by atoms with van der Waals surface area (Å²) >= 11 is 0. The van der Waals surface area contributed by atoms with E-state index in [2.05, 4.69) is 0 Å². The fraction of sp³-hybridized carbons (Fsp3) is 0.308. The molecule has 1 aliphatic heterocycles. The van der Waals surface area contributed by atoms with Gasteiger partial charge < -0.3 is 16.4 Å². The van der Waals surface area contributed by atoms with Gasteiger partial charge >= 0.3 is 0 Å². The first-order valence-corrected chi connectivity index (χ1v) is 5.79. The van der Waals surface area contributed by atoms with Crippen LogP contribution >= 0.6 is 0 Å². The summed E-state index contributed by atoms with van der Waals surface area (Å²) in [5, 5.41) is 0. The molecule has 4 N–H and O–H groups in total. The van der Waals surface area contributed by atoms with Crippen LogP contribution in [-0.4, -0.2) is 23.9 Å². The van der Waals surface area contributed by atoms with E-state index in [4.69, 9.17) is 11.5 Å². The third kappa shape index (κ3) is 2.78. The Morgan fingerprint density at radius 2 is 1.94 bits per heavy atom. The van der Waals surface area contributed by atoms with Crippen LogP contribution in [0.25, 0.3) is 6.08 Å². The number of nitrogen functional groups attached to an aromatic ring is 2. The van der Waals surface area contributed by atoms with Gasteiger partial charge in [-0.05, 0) is 42.7 Å². The normalized spacial score (nSPS) is 15.6. The summed E-state index contributed by atoms with van der Waals surface area (Å²) in [6.45, 7) is 1.71. The number of amides is 1. The highest BCUT2D eigenvalue weighted by atomic mass is 16.2. The summed E-state index contributed by atoms with van der Waals surface area (Å²) in [7, 11) is 0. The largest absolute Gasteiger partial charge is 0.399 e. The highest BCUT2D eigenvalue weighted by Crippen LogP contribution is 2.17. The van der Waals surface area contributed by atoms with Crippen molar-refractivity contribution in [1.29, 1.82) is 0 Å². The second kappa shape index (κ2) is 4.91. The smallest absolute Gasteiger partial charge is 0.246 e. The van der Waals surface area contributed by atoms with Crippen LogP contribution in [0.5, 0.6) is 0 Å². The number of carbonyl (C=O) groups is 1. The van der Waals surface area contributed by atoms with E-state index in [-0.39, 0.29) is 5.91 Å². The Labute approximate surface area is 101 Å². The van der Waals surface area contributed by atoms with Crippen molar-refractivity contribution in [3.63, 3.8) is 0 Å². The maximum Gasteiger partial charge on any atom is 0.246 e. The quantitative estimate of drug-likeness (QED) is 0.598. The maximum absolute atomic E-state index is 11.8. The lowest BCUT2D eigenvalue weighted by Gasteiger charge is -2.11. The molecule has 0 aliphatic carbocycles. The van der Waals surface area contributed by atoms with Crippen LogP contribution < -0.4 is 11.5 Å². The molecule has 2 rings (SSSR count). The molecule has 1 aliphatic rings. The van der Waals surface area contributed by atoms with E-state index >= 15 is 0 Å². The molecule has 1 aromatic carbocycles. The van der Waals surface area contributed by atoms with Crippen molar-refractivity contribution >= 4 is 23.4 Å². The Bertz CT molecular complexity index is 448. The standard InChI is InChI=1S/C13H17N3O/c14-11-4-5-12(15)10(9-11)3-6-13(17)16-7-1-2-8-16/h3-6,9H,1-2,7-8,14-15H2. The molecule has 1 saturated heterocycles. The number of nitrogens with zero attached hydrogens (tertiary/aromatic N) is 1. The number of nitrogens with two attached hydrogens (primary N) is 2. The zero-order valence-electron chi connectivity index (χ0n) is 9.73. The van der Waals surface area contributed by atoms with Crippen molar-refractivity contribution in [2.75, 3.05) is 24.6 Å². The number of likely N-dealkylation sites (tertiary alicyclic amines) is 1. The van der Waals surface area contributed by atoms with Crippen molar-refractivity contribution in [2.24, 2.45) is 0 Å². The van der Waals surface area contributed by atoms with Crippen molar-refractivity contribution in [1.82, 2.24) is 4.90 Å². The van der Waals surface area contributed by atoms with Crippen molar-refractivity contribution in [3.8, 4) is 0 Å². The highest BCUT2D eigenvalue weighted by molar-refractivity contribution is 5.93. The summed E-state index contributed by atoms with van der Waals surface area (Å²) in [5.74, 6) is 0.0457. The SMILES string of the molecule is Nc1ccc(N)c(C=CC(=O)N2CCCC2)c1. The van der Waals surface area contributed by atoms with Gasteiger partial charge in [-0.3, -0.25) is 4.79 Å². The minimum atomic E-state index is 0.0457. The van der Waals surface area contributed by atoms with Crippen LogP contribution in [0.15, 0.2) is 24.3 Å². The molecular weight excluding hydrogens is 214 g/mol. The van der Waals surface area contributed by atoms with Gasteiger partial charge in [0, 0.05) is 30.5 Å². The Kier molecular flexibility index (Phi) is 3.32. The summed E-state index contributed by atoms with van der Waals surface area (Å²) in [4.78, 5) is 13.6. The number of hydrogen-bond donors (Lipinski definition) is 2. The molecule has 0 saturated carbocycles. The zero-order valence-corrected chi connectivity index (χ0v) is 9.73. The molecule has 90 valence electrons. The summed E-state index contributed by atoms with van der Waals surface area (Å²) < 4.78 is 0. The molecule has 1 heterocycles. The Balaban J connectivity index is 2.08. The number of carbonyl (C=O) groups excluding carboxylic acids is 1. The first-order chi connectivity index (χ1) is 8.16. The molecule has 0 radical (unpaired) electrons. The lowest BCUT2D eigenvalue weighted by molar-refractivity contribution is -0.124. The Morgan fingerprint density at radius 3 is 2.65 bits per heavy atom. The van der Waals surface area contributed by atoms with E-state index < -0.39 is 0 Å². The average molecular weight is 231 g/mol. The second-order valence-electron chi connectivity index (χ2n) is 4.25. The monoisotopic (exact) mass is 231 g/mol. The number of hydrogen-bond acceptors (Lipinski definition) is 3. The minimum absolute atomic E-state index is 0.0457. The predicted molar refractivity (Wildman–Crippen MR) is 70.1 cm³/mol. The van der Waals surface area contributed by atoms with Crippen molar-refractivity contribution in [2.45, 2.75) is 12.8 Å². The van der Waals surface area contributed by atoms with E-state index in [1.807, 2.05) is 4.90 Å². The van der Waals surface area contributed by atoms with E-state index in [9.17, 15) is 4.79 Å². The van der Waals surface area contributed by atoms with Gasteiger partial charge in [-0.25, -0.2) is 0 Å². The van der Waals surface area contributed by atoms with Crippen molar-refractivity contribution in [3.05, 3.63) is 29.8 Å². The molecule has 0 aromatic heterocycles. The highest BCUT2D eigenvalue weighted by Gasteiger charge is 2.15. The number of rotatable bonds is 2. The van der Waals surface area contributed by atoms with Crippen molar-refractivity contribution < 1.29 is 4.79 Å². The molecule has 17 heavy (non-hydrogen) atoms. The molecule has 4 nitrogen and oxygen atoms in total. The second-order valence-corrected chi connectivity index (χ2v) is 4.25. The van der Waals surface area contributed by atoms with Gasteiger partial charge in [-0.2, -0.15) is 0 Å². The minimum Gasteiger partial charge on any atom is -0.399 e. The van der Waals surface area contributed by atoms with Crippen LogP contribution in [0.2, 0.25) is 0 Å². The summed E-state index contributed by atoms with van der Waals surface area (Å²) in [6.07, 6.45) is 5.49. The predicted octanol–water partition coefficient (Wildman–Crippen LogP) is 1.49. The number of anilines is 2. The van der Waals surface area contributed by atoms with Crippen LogP contribution in [0.3, 0.4) is 0 Å². The molecule has 0 unspecified atom stereocenters. The lowest BCUT2D eigenvalue weighted by Crippen LogP contribution is -2.25. The first-order valence-electron chi connectivity index (χ1n) is 5.79. The molecule has 1 fully saturated rings. The molecule has 1 aromatic rings. The van der Waals surface area contributed by atoms with E-state index in [1.54, 1.807) is 30.4 Å². The third-order valence-electron chi connectivity index (χ3n) is 2.93. The lowest BCUT2D eigenvalue weighted by atomic mass is 10.1. The van der Waals surface area contributed by atoms with Crippen LogP contribution in [0.4, 0.5) is 11.4 Å². The summed E-state index contributed by atoms with van der Waals surface area (Å²) in [5.41, 5.74) is 13.5. The number of benzene rings is 1. The maximum atomic E-state index is 11.8. The Hall–Kier alpha value is -1.97. The van der Waals surface area contributed by atoms with E-state index in [0.29, 0.717) is 11.4 Å². The Morgan fingerprint density at radius 1 is 1.24 bits per heavy atom. The van der Waals surface area contributed by atoms with Gasteiger partial charge in [-0.1, -0.05) is 0 Å². The van der Waals surface area contributed by atoms with Crippen LogP contribution in [0, 0.1) is 0 Å². The van der Waals surface area contributed by atoms with E-state index in [0.717, 1.165) is 31.5 Å². The molecular formula is C13H17N3O. The van der Waals surface area contributed by atoms with Crippen LogP contribution in [-0.2, 0) is 4.79 Å². The molecule has 0 atom stereocenters. The first kappa shape index (κ1) is 11.5. The fourth-order valence-electron chi connectivity index (χ4n) is 1.94. The zero-order chi connectivity index (χ0) is 12.3. The van der Waals surface area contributed by atoms with Gasteiger partial charge in [0.2, 0.25) is 5.91 Å². The van der Waals surface area contributed by atoms with Gasteiger partial charge in [0.15, 0.2) is 0 Å². The fourth-order valence-corrected chi connectivity index (χ4v) is 1.94. The van der Waals surface area contributed by atoms with Gasteiger partial charge in [0.05, 0.1) is 0 Å². The average Bonchev–Trinajstić information content (AvgIpc) is 2.83.